The Balaban J connectivity index is 1.91. The molecule has 3 rings (SSSR count). The van der Waals surface area contributed by atoms with E-state index in [1.807, 2.05) is 6.07 Å². The van der Waals surface area contributed by atoms with Gasteiger partial charge in [0.15, 0.2) is 0 Å². The van der Waals surface area contributed by atoms with Crippen LogP contribution in [-0.4, -0.2) is 37.1 Å². The predicted octanol–water partition coefficient (Wildman–Crippen LogP) is 3.37. The van der Waals surface area contributed by atoms with E-state index < -0.39 is 5.97 Å². The molecule has 130 valence electrons. The number of carbonyl (C=O) groups is 2. The molecule has 0 radical (unpaired) electrons. The largest absolute Gasteiger partial charge is 0.465 e. The molecule has 0 spiro atoms. The lowest BCUT2D eigenvalue weighted by Gasteiger charge is -2.22. The quantitative estimate of drug-likeness (QED) is 0.669. The first-order chi connectivity index (χ1) is 12.1. The molecule has 0 saturated carbocycles. The number of esters is 1. The normalized spacial score (nSPS) is 13.6. The molecule has 0 aliphatic carbocycles. The third kappa shape index (κ3) is 3.91. The number of hydrogen-bond donors (Lipinski definition) is 1. The zero-order chi connectivity index (χ0) is 17.8. The molecule has 0 unspecified atom stereocenters. The maximum absolute atomic E-state index is 12.5. The number of halogens is 1. The average molecular weight is 360 g/mol. The second-order valence-corrected chi connectivity index (χ2v) is 6.13. The van der Waals surface area contributed by atoms with Crippen molar-refractivity contribution in [2.45, 2.75) is 12.8 Å². The van der Waals surface area contributed by atoms with Crippen LogP contribution in [0.2, 0.25) is 5.15 Å². The summed E-state index contributed by atoms with van der Waals surface area (Å²) in [7, 11) is 1.33. The van der Waals surface area contributed by atoms with Crippen molar-refractivity contribution in [1.82, 2.24) is 4.98 Å². The number of carbonyl (C=O) groups excluding carboxylic acids is 2. The van der Waals surface area contributed by atoms with E-state index in [9.17, 15) is 9.59 Å². The van der Waals surface area contributed by atoms with E-state index in [0.29, 0.717) is 22.0 Å². The number of hydrogen-bond acceptors (Lipinski definition) is 5. The van der Waals surface area contributed by atoms with E-state index in [0.717, 1.165) is 31.6 Å². The van der Waals surface area contributed by atoms with Crippen molar-refractivity contribution in [2.75, 3.05) is 30.4 Å². The lowest BCUT2D eigenvalue weighted by atomic mass is 10.1. The van der Waals surface area contributed by atoms with Gasteiger partial charge >= 0.3 is 5.97 Å². The maximum Gasteiger partial charge on any atom is 0.337 e. The van der Waals surface area contributed by atoms with Gasteiger partial charge in [0.25, 0.3) is 5.91 Å². The molecular weight excluding hydrogens is 342 g/mol. The van der Waals surface area contributed by atoms with Gasteiger partial charge < -0.3 is 15.0 Å². The number of amides is 1. The van der Waals surface area contributed by atoms with Crippen LogP contribution in [0.3, 0.4) is 0 Å². The molecule has 1 fully saturated rings. The Morgan fingerprint density at radius 2 is 1.88 bits per heavy atom. The van der Waals surface area contributed by atoms with Crippen molar-refractivity contribution < 1.29 is 14.3 Å². The fourth-order valence-corrected chi connectivity index (χ4v) is 2.93. The summed E-state index contributed by atoms with van der Waals surface area (Å²) < 4.78 is 4.77. The zero-order valence-corrected chi connectivity index (χ0v) is 14.5. The van der Waals surface area contributed by atoms with Gasteiger partial charge in [0.2, 0.25) is 0 Å². The summed E-state index contributed by atoms with van der Waals surface area (Å²) >= 11 is 5.76. The molecule has 0 bridgehead atoms. The second kappa shape index (κ2) is 7.53. The van der Waals surface area contributed by atoms with Crippen LogP contribution < -0.4 is 10.2 Å². The maximum atomic E-state index is 12.5. The summed E-state index contributed by atoms with van der Waals surface area (Å²) in [6.45, 7) is 1.84. The van der Waals surface area contributed by atoms with E-state index >= 15 is 0 Å². The number of pyridine rings is 1. The molecule has 1 aromatic heterocycles. The van der Waals surface area contributed by atoms with E-state index in [2.05, 4.69) is 15.2 Å². The topological polar surface area (TPSA) is 71.5 Å². The van der Waals surface area contributed by atoms with Crippen molar-refractivity contribution in [3.05, 3.63) is 52.8 Å². The highest BCUT2D eigenvalue weighted by Crippen LogP contribution is 2.30. The highest BCUT2D eigenvalue weighted by atomic mass is 35.5. The summed E-state index contributed by atoms with van der Waals surface area (Å²) in [6, 6.07) is 8.35. The number of benzene rings is 1. The molecule has 1 N–H and O–H groups in total. The van der Waals surface area contributed by atoms with Crippen LogP contribution in [0.1, 0.15) is 33.6 Å². The van der Waals surface area contributed by atoms with Crippen LogP contribution in [-0.2, 0) is 4.74 Å². The first-order valence-corrected chi connectivity index (χ1v) is 8.36. The Morgan fingerprint density at radius 1 is 1.16 bits per heavy atom. The smallest absolute Gasteiger partial charge is 0.337 e. The molecule has 1 aliphatic heterocycles. The van der Waals surface area contributed by atoms with Crippen molar-refractivity contribution >= 4 is 34.9 Å². The highest BCUT2D eigenvalue weighted by molar-refractivity contribution is 6.29. The predicted molar refractivity (Wildman–Crippen MR) is 96.4 cm³/mol. The van der Waals surface area contributed by atoms with E-state index in [1.54, 1.807) is 24.3 Å². The molecule has 2 aromatic rings. The molecule has 1 amide bonds. The van der Waals surface area contributed by atoms with Crippen LogP contribution in [0.15, 0.2) is 36.5 Å². The fraction of sp³-hybridized carbons (Fsp3) is 0.278. The van der Waals surface area contributed by atoms with Gasteiger partial charge in [0.1, 0.15) is 5.15 Å². The molecule has 25 heavy (non-hydrogen) atoms. The zero-order valence-electron chi connectivity index (χ0n) is 13.8. The Hall–Kier alpha value is -2.60. The van der Waals surface area contributed by atoms with E-state index in [4.69, 9.17) is 16.3 Å². The van der Waals surface area contributed by atoms with Gasteiger partial charge in [-0.25, -0.2) is 9.78 Å². The van der Waals surface area contributed by atoms with Crippen LogP contribution in [0.5, 0.6) is 0 Å². The number of ether oxygens (including phenoxy) is 1. The number of rotatable bonds is 4. The fourth-order valence-electron chi connectivity index (χ4n) is 2.82. The van der Waals surface area contributed by atoms with Gasteiger partial charge in [-0.15, -0.1) is 0 Å². The molecule has 1 saturated heterocycles. The van der Waals surface area contributed by atoms with Gasteiger partial charge in [-0.1, -0.05) is 11.6 Å². The number of anilines is 2. The standard InChI is InChI=1S/C18H18ClN3O3/c1-25-18(24)12-4-6-15(22-8-2-3-9-22)14(10-12)21-17(23)13-5-7-16(19)20-11-13/h4-7,10-11H,2-3,8-9H2,1H3,(H,21,23). The SMILES string of the molecule is COC(=O)c1ccc(N2CCCC2)c(NC(=O)c2ccc(Cl)nc2)c1. The number of aromatic nitrogens is 1. The van der Waals surface area contributed by atoms with Gasteiger partial charge in [0, 0.05) is 19.3 Å². The van der Waals surface area contributed by atoms with Gasteiger partial charge in [-0.2, -0.15) is 0 Å². The number of nitrogens with one attached hydrogen (secondary N) is 1. The summed E-state index contributed by atoms with van der Waals surface area (Å²) in [5, 5.41) is 3.19. The number of nitrogens with zero attached hydrogens (tertiary/aromatic N) is 2. The van der Waals surface area contributed by atoms with Crippen molar-refractivity contribution in [1.29, 1.82) is 0 Å². The lowest BCUT2D eigenvalue weighted by molar-refractivity contribution is 0.0600. The van der Waals surface area contributed by atoms with Crippen LogP contribution in [0.4, 0.5) is 11.4 Å². The number of methoxy groups -OCH3 is 1. The van der Waals surface area contributed by atoms with Crippen LogP contribution in [0, 0.1) is 0 Å². The minimum Gasteiger partial charge on any atom is -0.465 e. The van der Waals surface area contributed by atoms with Crippen LogP contribution >= 0.6 is 11.6 Å². The first kappa shape index (κ1) is 17.2. The average Bonchev–Trinajstić information content (AvgIpc) is 3.16. The summed E-state index contributed by atoms with van der Waals surface area (Å²) in [4.78, 5) is 30.4. The highest BCUT2D eigenvalue weighted by Gasteiger charge is 2.19. The minimum absolute atomic E-state index is 0.313. The summed E-state index contributed by atoms with van der Waals surface area (Å²) in [5.41, 5.74) is 2.24. The molecule has 6 nitrogen and oxygen atoms in total. The molecular formula is C18H18ClN3O3. The Bertz CT molecular complexity index is 787. The van der Waals surface area contributed by atoms with E-state index in [1.165, 1.54) is 13.3 Å². The van der Waals surface area contributed by atoms with Crippen molar-refractivity contribution in [2.24, 2.45) is 0 Å². The molecule has 0 atom stereocenters. The minimum atomic E-state index is -0.448. The molecule has 7 heteroatoms. The Kier molecular flexibility index (Phi) is 5.19. The van der Waals surface area contributed by atoms with Gasteiger partial charge in [-0.3, -0.25) is 4.79 Å². The molecule has 1 aromatic carbocycles. The summed E-state index contributed by atoms with van der Waals surface area (Å²) in [6.07, 6.45) is 3.62. The lowest BCUT2D eigenvalue weighted by Crippen LogP contribution is -2.21. The second-order valence-electron chi connectivity index (χ2n) is 5.74. The van der Waals surface area contributed by atoms with Gasteiger partial charge in [-0.05, 0) is 43.2 Å². The van der Waals surface area contributed by atoms with Gasteiger partial charge in [0.05, 0.1) is 29.6 Å². The Labute approximate surface area is 150 Å². The van der Waals surface area contributed by atoms with Crippen molar-refractivity contribution in [3.8, 4) is 0 Å². The molecule has 2 heterocycles. The molecule has 1 aliphatic rings. The Morgan fingerprint density at radius 3 is 2.52 bits per heavy atom. The summed E-state index contributed by atoms with van der Waals surface area (Å²) in [5.74, 6) is -0.761. The third-order valence-electron chi connectivity index (χ3n) is 4.10. The van der Waals surface area contributed by atoms with Crippen LogP contribution in [0.25, 0.3) is 0 Å². The third-order valence-corrected chi connectivity index (χ3v) is 4.33. The van der Waals surface area contributed by atoms with Crippen molar-refractivity contribution in [3.63, 3.8) is 0 Å². The monoisotopic (exact) mass is 359 g/mol. The first-order valence-electron chi connectivity index (χ1n) is 7.98. The van der Waals surface area contributed by atoms with E-state index in [-0.39, 0.29) is 5.91 Å².